The van der Waals surface area contributed by atoms with Gasteiger partial charge in [0.15, 0.2) is 0 Å². The maximum absolute atomic E-state index is 9.21. The van der Waals surface area contributed by atoms with Gasteiger partial charge in [-0.25, -0.2) is 0 Å². The van der Waals surface area contributed by atoms with E-state index >= 15 is 0 Å². The first kappa shape index (κ1) is 7.03. The van der Waals surface area contributed by atoms with Crippen molar-refractivity contribution in [1.29, 1.82) is 0 Å². The van der Waals surface area contributed by atoms with Gasteiger partial charge in [0.2, 0.25) is 0 Å². The van der Waals surface area contributed by atoms with E-state index in [1.165, 1.54) is 0 Å². The Bertz CT molecular complexity index is 93.1. The first-order chi connectivity index (χ1) is 4.13. The van der Waals surface area contributed by atoms with Crippen molar-refractivity contribution in [3.63, 3.8) is 0 Å². The van der Waals surface area contributed by atoms with Crippen LogP contribution in [-0.2, 0) is 0 Å². The van der Waals surface area contributed by atoms with Gasteiger partial charge < -0.3 is 10.8 Å². The van der Waals surface area contributed by atoms with Gasteiger partial charge in [-0.05, 0) is 18.3 Å². The van der Waals surface area contributed by atoms with E-state index in [0.717, 1.165) is 6.42 Å². The topological polar surface area (TPSA) is 46.2 Å². The van der Waals surface area contributed by atoms with Gasteiger partial charge >= 0.3 is 0 Å². The quantitative estimate of drug-likeness (QED) is 0.496. The van der Waals surface area contributed by atoms with Crippen molar-refractivity contribution in [2.24, 2.45) is 17.6 Å². The van der Waals surface area contributed by atoms with Gasteiger partial charge in [-0.15, -0.1) is 0 Å². The number of hydrogen-bond acceptors (Lipinski definition) is 2. The summed E-state index contributed by atoms with van der Waals surface area (Å²) in [6, 6.07) is 0.0139. The van der Waals surface area contributed by atoms with Crippen LogP contribution >= 0.6 is 0 Å². The molecule has 0 aromatic rings. The van der Waals surface area contributed by atoms with Crippen molar-refractivity contribution < 1.29 is 5.11 Å². The maximum atomic E-state index is 9.21. The molecule has 54 valence electrons. The van der Waals surface area contributed by atoms with E-state index in [1.807, 2.05) is 0 Å². The number of aliphatic hydroxyl groups excluding tert-OH is 1. The van der Waals surface area contributed by atoms with E-state index < -0.39 is 0 Å². The second-order valence-corrected chi connectivity index (χ2v) is 3.22. The molecular formula is C7H15NO. The van der Waals surface area contributed by atoms with Crippen molar-refractivity contribution in [1.82, 2.24) is 0 Å². The molecule has 0 saturated heterocycles. The summed E-state index contributed by atoms with van der Waals surface area (Å²) in [5.74, 6) is 1.08. The van der Waals surface area contributed by atoms with Gasteiger partial charge in [0.05, 0.1) is 6.10 Å². The van der Waals surface area contributed by atoms with Crippen molar-refractivity contribution in [2.45, 2.75) is 32.4 Å². The van der Waals surface area contributed by atoms with Crippen LogP contribution in [0.5, 0.6) is 0 Å². The lowest BCUT2D eigenvalue weighted by Gasteiger charge is -2.13. The van der Waals surface area contributed by atoms with Crippen LogP contribution in [0.4, 0.5) is 0 Å². The molecular weight excluding hydrogens is 114 g/mol. The van der Waals surface area contributed by atoms with Crippen LogP contribution in [0.15, 0.2) is 0 Å². The second kappa shape index (κ2) is 2.27. The van der Waals surface area contributed by atoms with Gasteiger partial charge in [-0.1, -0.05) is 13.8 Å². The molecule has 4 atom stereocenters. The highest BCUT2D eigenvalue weighted by Gasteiger charge is 2.34. The Hall–Kier alpha value is -0.0800. The molecule has 0 heterocycles. The first-order valence-corrected chi connectivity index (χ1v) is 3.56. The lowest BCUT2D eigenvalue weighted by atomic mass is 9.98. The lowest BCUT2D eigenvalue weighted by Crippen LogP contribution is -2.33. The summed E-state index contributed by atoms with van der Waals surface area (Å²) in [5.41, 5.74) is 5.66. The fraction of sp³-hybridized carbons (Fsp3) is 1.00. The minimum Gasteiger partial charge on any atom is -0.391 e. The van der Waals surface area contributed by atoms with E-state index in [4.69, 9.17) is 5.73 Å². The third kappa shape index (κ3) is 1.10. The minimum absolute atomic E-state index is 0.0139. The highest BCUT2D eigenvalue weighted by Crippen LogP contribution is 2.29. The molecule has 0 aliphatic heterocycles. The number of hydrogen-bond donors (Lipinski definition) is 2. The molecule has 0 spiro atoms. The molecule has 0 amide bonds. The molecule has 1 saturated carbocycles. The fourth-order valence-electron chi connectivity index (χ4n) is 1.48. The van der Waals surface area contributed by atoms with E-state index in [0.29, 0.717) is 11.8 Å². The minimum atomic E-state index is -0.255. The van der Waals surface area contributed by atoms with Crippen molar-refractivity contribution >= 4 is 0 Å². The standard InChI is InChI=1S/C7H15NO/c1-4-3-6(9)7(8)5(4)2/h4-7,9H,3,8H2,1-2H3/t4-,5-,6+,7+/m0/s1. The maximum Gasteiger partial charge on any atom is 0.0696 e. The first-order valence-electron chi connectivity index (χ1n) is 3.56. The smallest absolute Gasteiger partial charge is 0.0696 e. The van der Waals surface area contributed by atoms with Crippen molar-refractivity contribution in [3.8, 4) is 0 Å². The fourth-order valence-corrected chi connectivity index (χ4v) is 1.48. The molecule has 1 aliphatic carbocycles. The molecule has 1 rings (SSSR count). The largest absolute Gasteiger partial charge is 0.391 e. The van der Waals surface area contributed by atoms with Crippen LogP contribution in [0, 0.1) is 11.8 Å². The van der Waals surface area contributed by atoms with E-state index in [1.54, 1.807) is 0 Å². The summed E-state index contributed by atoms with van der Waals surface area (Å²) in [6.45, 7) is 4.24. The third-order valence-electron chi connectivity index (χ3n) is 2.56. The zero-order valence-electron chi connectivity index (χ0n) is 6.04. The average Bonchev–Trinajstić information content (AvgIpc) is 1.98. The van der Waals surface area contributed by atoms with Crippen LogP contribution in [-0.4, -0.2) is 17.3 Å². The second-order valence-electron chi connectivity index (χ2n) is 3.22. The van der Waals surface area contributed by atoms with E-state index in [2.05, 4.69) is 13.8 Å². The number of nitrogens with two attached hydrogens (primary N) is 1. The summed E-state index contributed by atoms with van der Waals surface area (Å²) < 4.78 is 0. The highest BCUT2D eigenvalue weighted by atomic mass is 16.3. The summed E-state index contributed by atoms with van der Waals surface area (Å²) in [5, 5.41) is 9.21. The summed E-state index contributed by atoms with van der Waals surface area (Å²) in [7, 11) is 0. The lowest BCUT2D eigenvalue weighted by molar-refractivity contribution is 0.157. The van der Waals surface area contributed by atoms with Gasteiger partial charge in [0.25, 0.3) is 0 Å². The Kier molecular flexibility index (Phi) is 1.78. The molecule has 2 heteroatoms. The molecule has 2 nitrogen and oxygen atoms in total. The van der Waals surface area contributed by atoms with Gasteiger partial charge in [-0.3, -0.25) is 0 Å². The molecule has 9 heavy (non-hydrogen) atoms. The molecule has 0 radical (unpaired) electrons. The average molecular weight is 129 g/mol. The molecule has 0 unspecified atom stereocenters. The summed E-state index contributed by atoms with van der Waals surface area (Å²) >= 11 is 0. The van der Waals surface area contributed by atoms with E-state index in [9.17, 15) is 5.11 Å². The third-order valence-corrected chi connectivity index (χ3v) is 2.56. The van der Waals surface area contributed by atoms with Crippen LogP contribution in [0.1, 0.15) is 20.3 Å². The monoisotopic (exact) mass is 129 g/mol. The van der Waals surface area contributed by atoms with Gasteiger partial charge in [0.1, 0.15) is 0 Å². The van der Waals surface area contributed by atoms with Crippen LogP contribution in [0.3, 0.4) is 0 Å². The Morgan fingerprint density at radius 3 is 2.11 bits per heavy atom. The SMILES string of the molecule is C[C@@H]1[C@@H](N)[C@H](O)C[C@@H]1C. The van der Waals surface area contributed by atoms with Crippen molar-refractivity contribution in [3.05, 3.63) is 0 Å². The Labute approximate surface area is 56.1 Å². The number of rotatable bonds is 0. The zero-order valence-corrected chi connectivity index (χ0v) is 6.04. The number of aliphatic hydroxyl groups is 1. The predicted octanol–water partition coefficient (Wildman–Crippen LogP) is 0.350. The Morgan fingerprint density at radius 2 is 2.00 bits per heavy atom. The zero-order chi connectivity index (χ0) is 7.02. The van der Waals surface area contributed by atoms with Crippen molar-refractivity contribution in [2.75, 3.05) is 0 Å². The molecule has 1 fully saturated rings. The molecule has 0 aromatic carbocycles. The van der Waals surface area contributed by atoms with Gasteiger partial charge in [-0.2, -0.15) is 0 Å². The van der Waals surface area contributed by atoms with Crippen LogP contribution in [0.2, 0.25) is 0 Å². The predicted molar refractivity (Wildman–Crippen MR) is 36.9 cm³/mol. The summed E-state index contributed by atoms with van der Waals surface area (Å²) in [6.07, 6.45) is 0.623. The Morgan fingerprint density at radius 1 is 1.44 bits per heavy atom. The van der Waals surface area contributed by atoms with Gasteiger partial charge in [0, 0.05) is 6.04 Å². The normalized spacial score (nSPS) is 52.0. The Balaban J connectivity index is 2.54. The van der Waals surface area contributed by atoms with Crippen LogP contribution < -0.4 is 5.73 Å². The molecule has 1 aliphatic rings. The molecule has 0 aromatic heterocycles. The molecule has 3 N–H and O–H groups in total. The van der Waals surface area contributed by atoms with Crippen LogP contribution in [0.25, 0.3) is 0 Å². The summed E-state index contributed by atoms with van der Waals surface area (Å²) in [4.78, 5) is 0. The highest BCUT2D eigenvalue weighted by molar-refractivity contribution is 4.89. The van der Waals surface area contributed by atoms with E-state index in [-0.39, 0.29) is 12.1 Å². The molecule has 0 bridgehead atoms.